The molecule has 0 aliphatic rings. The topological polar surface area (TPSA) is 78.0 Å². The summed E-state index contributed by atoms with van der Waals surface area (Å²) in [7, 11) is 0. The van der Waals surface area contributed by atoms with Crippen molar-refractivity contribution in [3.63, 3.8) is 0 Å². The number of H-pyrrole nitrogens is 1. The van der Waals surface area contributed by atoms with Crippen molar-refractivity contribution in [2.45, 2.75) is 25.9 Å². The second-order valence-corrected chi connectivity index (χ2v) is 4.98. The van der Waals surface area contributed by atoms with Gasteiger partial charge in [-0.1, -0.05) is 44.2 Å². The van der Waals surface area contributed by atoms with Gasteiger partial charge < -0.3 is 15.4 Å². The largest absolute Gasteiger partial charge is 0.387 e. The van der Waals surface area contributed by atoms with Crippen LogP contribution in [-0.4, -0.2) is 21.6 Å². The minimum atomic E-state index is -0.639. The first-order chi connectivity index (χ1) is 9.56. The molecule has 0 fully saturated rings. The lowest BCUT2D eigenvalue weighted by Crippen LogP contribution is -2.18. The van der Waals surface area contributed by atoms with Crippen LogP contribution in [0.3, 0.4) is 0 Å². The van der Waals surface area contributed by atoms with Crippen molar-refractivity contribution in [3.8, 4) is 0 Å². The summed E-state index contributed by atoms with van der Waals surface area (Å²) < 4.78 is 0. The van der Waals surface area contributed by atoms with Crippen molar-refractivity contribution < 1.29 is 5.11 Å². The average Bonchev–Trinajstić information content (AvgIpc) is 2.45. The number of aromatic nitrogens is 2. The van der Waals surface area contributed by atoms with Crippen LogP contribution < -0.4 is 10.9 Å². The SMILES string of the molecule is CC(C)c1nc(NCC(O)c2ccccc2)cc(=O)[nH]1. The van der Waals surface area contributed by atoms with Gasteiger partial charge in [-0.3, -0.25) is 4.79 Å². The van der Waals surface area contributed by atoms with Crippen LogP contribution in [0, 0.1) is 0 Å². The van der Waals surface area contributed by atoms with E-state index in [1.807, 2.05) is 44.2 Å². The highest BCUT2D eigenvalue weighted by Crippen LogP contribution is 2.13. The lowest BCUT2D eigenvalue weighted by molar-refractivity contribution is 0.191. The Morgan fingerprint density at radius 1 is 1.30 bits per heavy atom. The number of hydrogen-bond acceptors (Lipinski definition) is 4. The van der Waals surface area contributed by atoms with Crippen molar-refractivity contribution in [1.29, 1.82) is 0 Å². The lowest BCUT2D eigenvalue weighted by Gasteiger charge is -2.13. The van der Waals surface area contributed by atoms with Gasteiger partial charge in [-0.25, -0.2) is 4.98 Å². The molecule has 0 aliphatic heterocycles. The summed E-state index contributed by atoms with van der Waals surface area (Å²) in [6.45, 7) is 4.22. The Morgan fingerprint density at radius 2 is 2.00 bits per heavy atom. The Bertz CT molecular complexity index is 608. The Labute approximate surface area is 117 Å². The Kier molecular flexibility index (Phi) is 4.53. The van der Waals surface area contributed by atoms with Crippen molar-refractivity contribution in [3.05, 3.63) is 58.1 Å². The molecule has 0 spiro atoms. The standard InChI is InChI=1S/C15H19N3O2/c1-10(2)15-17-13(8-14(20)18-15)16-9-12(19)11-6-4-3-5-7-11/h3-8,10,12,19H,9H2,1-2H3,(H2,16,17,18,20). The number of hydrogen-bond donors (Lipinski definition) is 3. The molecule has 0 saturated carbocycles. The van der Waals surface area contributed by atoms with Gasteiger partial charge >= 0.3 is 0 Å². The van der Waals surface area contributed by atoms with Gasteiger partial charge in [0, 0.05) is 18.5 Å². The van der Waals surface area contributed by atoms with Crippen LogP contribution in [0.15, 0.2) is 41.2 Å². The summed E-state index contributed by atoms with van der Waals surface area (Å²) in [5, 5.41) is 13.1. The zero-order chi connectivity index (χ0) is 14.5. The van der Waals surface area contributed by atoms with E-state index in [1.54, 1.807) is 0 Å². The van der Waals surface area contributed by atoms with Crippen LogP contribution in [0.1, 0.15) is 37.3 Å². The maximum atomic E-state index is 11.5. The van der Waals surface area contributed by atoms with E-state index in [4.69, 9.17) is 0 Å². The van der Waals surface area contributed by atoms with E-state index in [2.05, 4.69) is 15.3 Å². The van der Waals surface area contributed by atoms with Gasteiger partial charge in [0.2, 0.25) is 0 Å². The minimum Gasteiger partial charge on any atom is -0.387 e. The zero-order valence-corrected chi connectivity index (χ0v) is 11.6. The molecule has 1 aromatic heterocycles. The van der Waals surface area contributed by atoms with Crippen LogP contribution in [0.5, 0.6) is 0 Å². The molecular weight excluding hydrogens is 254 g/mol. The van der Waals surface area contributed by atoms with E-state index in [-0.39, 0.29) is 11.5 Å². The molecule has 5 nitrogen and oxygen atoms in total. The first-order valence-electron chi connectivity index (χ1n) is 6.64. The molecule has 0 aliphatic carbocycles. The lowest BCUT2D eigenvalue weighted by atomic mass is 10.1. The quantitative estimate of drug-likeness (QED) is 0.779. The summed E-state index contributed by atoms with van der Waals surface area (Å²) in [6, 6.07) is 10.8. The second-order valence-electron chi connectivity index (χ2n) is 4.98. The van der Waals surface area contributed by atoms with Gasteiger partial charge in [-0.2, -0.15) is 0 Å². The molecule has 3 N–H and O–H groups in total. The fraction of sp³-hybridized carbons (Fsp3) is 0.333. The molecule has 1 atom stereocenters. The van der Waals surface area contributed by atoms with E-state index in [0.717, 1.165) is 5.56 Å². The number of anilines is 1. The van der Waals surface area contributed by atoms with E-state index >= 15 is 0 Å². The first-order valence-corrected chi connectivity index (χ1v) is 6.64. The van der Waals surface area contributed by atoms with Crippen LogP contribution in [0.25, 0.3) is 0 Å². The molecule has 106 valence electrons. The third-order valence-corrected chi connectivity index (χ3v) is 2.97. The highest BCUT2D eigenvalue weighted by atomic mass is 16.3. The third kappa shape index (κ3) is 3.68. The van der Waals surface area contributed by atoms with Gasteiger partial charge in [0.1, 0.15) is 11.6 Å². The molecule has 2 rings (SSSR count). The maximum absolute atomic E-state index is 11.5. The number of nitrogens with zero attached hydrogens (tertiary/aromatic N) is 1. The molecule has 1 aromatic carbocycles. The summed E-state index contributed by atoms with van der Waals surface area (Å²) in [5.74, 6) is 1.25. The van der Waals surface area contributed by atoms with E-state index in [9.17, 15) is 9.90 Å². The van der Waals surface area contributed by atoms with Gasteiger partial charge in [-0.15, -0.1) is 0 Å². The molecule has 0 bridgehead atoms. The van der Waals surface area contributed by atoms with Gasteiger partial charge in [-0.05, 0) is 5.56 Å². The van der Waals surface area contributed by atoms with E-state index in [0.29, 0.717) is 18.2 Å². The highest BCUT2D eigenvalue weighted by Gasteiger charge is 2.09. The number of rotatable bonds is 5. The van der Waals surface area contributed by atoms with Crippen LogP contribution in [-0.2, 0) is 0 Å². The fourth-order valence-corrected chi connectivity index (χ4v) is 1.83. The van der Waals surface area contributed by atoms with Gasteiger partial charge in [0.05, 0.1) is 6.10 Å². The normalized spacial score (nSPS) is 12.4. The van der Waals surface area contributed by atoms with Gasteiger partial charge in [0.25, 0.3) is 5.56 Å². The number of nitrogens with one attached hydrogen (secondary N) is 2. The molecule has 0 radical (unpaired) electrons. The minimum absolute atomic E-state index is 0.142. The van der Waals surface area contributed by atoms with Crippen molar-refractivity contribution in [2.24, 2.45) is 0 Å². The fourth-order valence-electron chi connectivity index (χ4n) is 1.83. The third-order valence-electron chi connectivity index (χ3n) is 2.97. The van der Waals surface area contributed by atoms with Crippen molar-refractivity contribution in [1.82, 2.24) is 9.97 Å². The summed E-state index contributed by atoms with van der Waals surface area (Å²) in [6.07, 6.45) is -0.639. The first kappa shape index (κ1) is 14.3. The predicted octanol–water partition coefficient (Wildman–Crippen LogP) is 2.04. The Morgan fingerprint density at radius 3 is 2.65 bits per heavy atom. The van der Waals surface area contributed by atoms with Crippen LogP contribution in [0.4, 0.5) is 5.82 Å². The van der Waals surface area contributed by atoms with Crippen LogP contribution in [0.2, 0.25) is 0 Å². The van der Waals surface area contributed by atoms with Crippen molar-refractivity contribution >= 4 is 5.82 Å². The van der Waals surface area contributed by atoms with Gasteiger partial charge in [0.15, 0.2) is 0 Å². The van der Waals surface area contributed by atoms with Crippen LogP contribution >= 0.6 is 0 Å². The predicted molar refractivity (Wildman–Crippen MR) is 78.8 cm³/mol. The highest BCUT2D eigenvalue weighted by molar-refractivity contribution is 5.34. The molecule has 1 unspecified atom stereocenters. The zero-order valence-electron chi connectivity index (χ0n) is 11.6. The number of aliphatic hydroxyl groups is 1. The molecule has 1 heterocycles. The molecule has 5 heteroatoms. The monoisotopic (exact) mass is 273 g/mol. The summed E-state index contributed by atoms with van der Waals surface area (Å²) in [5.41, 5.74) is 0.634. The Hall–Kier alpha value is -2.14. The summed E-state index contributed by atoms with van der Waals surface area (Å²) in [4.78, 5) is 18.6. The second kappa shape index (κ2) is 6.34. The molecule has 20 heavy (non-hydrogen) atoms. The molecular formula is C15H19N3O2. The molecule has 0 saturated heterocycles. The molecule has 0 amide bonds. The van der Waals surface area contributed by atoms with E-state index in [1.165, 1.54) is 6.07 Å². The summed E-state index contributed by atoms with van der Waals surface area (Å²) >= 11 is 0. The average molecular weight is 273 g/mol. The van der Waals surface area contributed by atoms with Crippen molar-refractivity contribution in [2.75, 3.05) is 11.9 Å². The Balaban J connectivity index is 2.06. The smallest absolute Gasteiger partial charge is 0.252 e. The number of aromatic amines is 1. The number of benzene rings is 1. The molecule has 2 aromatic rings. The van der Waals surface area contributed by atoms with E-state index < -0.39 is 6.10 Å². The number of aliphatic hydroxyl groups excluding tert-OH is 1. The maximum Gasteiger partial charge on any atom is 0.252 e.